The average Bonchev–Trinajstić information content (AvgIpc) is 2.93. The van der Waals surface area contributed by atoms with Gasteiger partial charge >= 0.3 is 0 Å². The first kappa shape index (κ1) is 11.6. The van der Waals surface area contributed by atoms with Gasteiger partial charge in [0.25, 0.3) is 0 Å². The molecule has 3 rings (SSSR count). The third kappa shape index (κ3) is 2.25. The summed E-state index contributed by atoms with van der Waals surface area (Å²) in [6.45, 7) is 0.618. The smallest absolute Gasteiger partial charge is 0.121 e. The van der Waals surface area contributed by atoms with Crippen molar-refractivity contribution in [2.24, 2.45) is 0 Å². The standard InChI is InChI=1S/C15H13N3O/c19-11-3-9-18-10-7-15(17-18)13-6-8-16-14-5-2-1-4-12(13)14/h1-2,4-8,10-11H,3,9H2. The average molecular weight is 251 g/mol. The molecule has 0 radical (unpaired) electrons. The second kappa shape index (κ2) is 5.02. The van der Waals surface area contributed by atoms with Crippen molar-refractivity contribution in [2.45, 2.75) is 13.0 Å². The number of hydrogen-bond donors (Lipinski definition) is 0. The van der Waals surface area contributed by atoms with Crippen molar-refractivity contribution in [2.75, 3.05) is 0 Å². The Hall–Kier alpha value is -2.49. The molecule has 0 saturated heterocycles. The summed E-state index contributed by atoms with van der Waals surface area (Å²) in [5.41, 5.74) is 2.93. The first-order chi connectivity index (χ1) is 9.38. The number of fused-ring (bicyclic) bond motifs is 1. The van der Waals surface area contributed by atoms with Gasteiger partial charge in [-0.15, -0.1) is 0 Å². The Bertz CT molecular complexity index is 713. The molecule has 0 aliphatic carbocycles. The highest BCUT2D eigenvalue weighted by molar-refractivity contribution is 5.93. The molecule has 2 aromatic heterocycles. The molecule has 0 fully saturated rings. The minimum absolute atomic E-state index is 0.484. The molecular weight excluding hydrogens is 238 g/mol. The maximum absolute atomic E-state index is 10.4. The van der Waals surface area contributed by atoms with Crippen LogP contribution in [0.25, 0.3) is 22.2 Å². The second-order valence-electron chi connectivity index (χ2n) is 4.30. The highest BCUT2D eigenvalue weighted by Gasteiger charge is 2.06. The highest BCUT2D eigenvalue weighted by atomic mass is 16.1. The number of para-hydroxylation sites is 1. The first-order valence-electron chi connectivity index (χ1n) is 6.20. The van der Waals surface area contributed by atoms with Crippen LogP contribution in [0, 0.1) is 0 Å². The van der Waals surface area contributed by atoms with E-state index in [4.69, 9.17) is 0 Å². The summed E-state index contributed by atoms with van der Waals surface area (Å²) >= 11 is 0. The summed E-state index contributed by atoms with van der Waals surface area (Å²) in [5.74, 6) is 0. The topological polar surface area (TPSA) is 47.8 Å². The number of aromatic nitrogens is 3. The fourth-order valence-corrected chi connectivity index (χ4v) is 2.13. The minimum Gasteiger partial charge on any atom is -0.303 e. The highest BCUT2D eigenvalue weighted by Crippen LogP contribution is 2.25. The molecule has 2 heterocycles. The number of benzene rings is 1. The maximum atomic E-state index is 10.4. The Morgan fingerprint density at radius 1 is 1.16 bits per heavy atom. The van der Waals surface area contributed by atoms with Crippen LogP contribution in [0.5, 0.6) is 0 Å². The van der Waals surface area contributed by atoms with E-state index < -0.39 is 0 Å². The molecular formula is C15H13N3O. The lowest BCUT2D eigenvalue weighted by atomic mass is 10.1. The summed E-state index contributed by atoms with van der Waals surface area (Å²) in [7, 11) is 0. The third-order valence-corrected chi connectivity index (χ3v) is 3.04. The SMILES string of the molecule is O=CCCn1ccc(-c2ccnc3ccccc23)n1. The molecule has 19 heavy (non-hydrogen) atoms. The molecule has 4 nitrogen and oxygen atoms in total. The number of aldehydes is 1. The van der Waals surface area contributed by atoms with E-state index in [-0.39, 0.29) is 0 Å². The van der Waals surface area contributed by atoms with Crippen LogP contribution in [0.1, 0.15) is 6.42 Å². The molecule has 4 heteroatoms. The zero-order valence-corrected chi connectivity index (χ0v) is 10.4. The van der Waals surface area contributed by atoms with Gasteiger partial charge in [-0.2, -0.15) is 5.10 Å². The maximum Gasteiger partial charge on any atom is 0.121 e. The zero-order valence-electron chi connectivity index (χ0n) is 10.4. The Morgan fingerprint density at radius 3 is 2.95 bits per heavy atom. The third-order valence-electron chi connectivity index (χ3n) is 3.04. The quantitative estimate of drug-likeness (QED) is 0.670. The molecule has 0 saturated carbocycles. The van der Waals surface area contributed by atoms with Crippen molar-refractivity contribution < 1.29 is 4.79 Å². The van der Waals surface area contributed by atoms with Gasteiger partial charge in [-0.05, 0) is 18.2 Å². The van der Waals surface area contributed by atoms with Crippen LogP contribution in [0.3, 0.4) is 0 Å². The van der Waals surface area contributed by atoms with E-state index in [0.29, 0.717) is 13.0 Å². The molecule has 94 valence electrons. The van der Waals surface area contributed by atoms with Crippen LogP contribution < -0.4 is 0 Å². The van der Waals surface area contributed by atoms with Crippen LogP contribution in [-0.2, 0) is 11.3 Å². The second-order valence-corrected chi connectivity index (χ2v) is 4.30. The lowest BCUT2D eigenvalue weighted by Gasteiger charge is -2.03. The predicted octanol–water partition coefficient (Wildman–Crippen LogP) is 2.69. The number of aryl methyl sites for hydroxylation is 1. The van der Waals surface area contributed by atoms with Gasteiger partial charge < -0.3 is 4.79 Å². The lowest BCUT2D eigenvalue weighted by Crippen LogP contribution is -1.99. The van der Waals surface area contributed by atoms with Crippen LogP contribution in [-0.4, -0.2) is 21.1 Å². The largest absolute Gasteiger partial charge is 0.303 e. The molecule has 1 aromatic carbocycles. The van der Waals surface area contributed by atoms with E-state index >= 15 is 0 Å². The van der Waals surface area contributed by atoms with Crippen LogP contribution in [0.4, 0.5) is 0 Å². The van der Waals surface area contributed by atoms with Crippen LogP contribution in [0.15, 0.2) is 48.8 Å². The summed E-state index contributed by atoms with van der Waals surface area (Å²) in [6.07, 6.45) is 5.08. The normalized spacial score (nSPS) is 10.7. The van der Waals surface area contributed by atoms with Crippen molar-refractivity contribution >= 4 is 17.2 Å². The Labute approximate surface area is 110 Å². The Morgan fingerprint density at radius 2 is 2.05 bits per heavy atom. The van der Waals surface area contributed by atoms with E-state index in [9.17, 15) is 4.79 Å². The molecule has 0 N–H and O–H groups in total. The van der Waals surface area contributed by atoms with Crippen molar-refractivity contribution in [3.05, 3.63) is 48.8 Å². The molecule has 0 aliphatic heterocycles. The van der Waals surface area contributed by atoms with Gasteiger partial charge in [0.15, 0.2) is 0 Å². The van der Waals surface area contributed by atoms with Gasteiger partial charge in [-0.3, -0.25) is 9.67 Å². The molecule has 0 aliphatic rings. The molecule has 3 aromatic rings. The van der Waals surface area contributed by atoms with E-state index in [1.165, 1.54) is 0 Å². The van der Waals surface area contributed by atoms with Gasteiger partial charge in [0.2, 0.25) is 0 Å². The zero-order chi connectivity index (χ0) is 13.1. The van der Waals surface area contributed by atoms with E-state index in [1.54, 1.807) is 10.9 Å². The van der Waals surface area contributed by atoms with E-state index in [0.717, 1.165) is 28.4 Å². The molecule has 0 amide bonds. The van der Waals surface area contributed by atoms with Gasteiger partial charge in [0.1, 0.15) is 6.29 Å². The van der Waals surface area contributed by atoms with E-state index in [1.807, 2.05) is 42.6 Å². The van der Waals surface area contributed by atoms with Gasteiger partial charge in [0.05, 0.1) is 11.2 Å². The van der Waals surface area contributed by atoms with Crippen molar-refractivity contribution in [1.82, 2.24) is 14.8 Å². The summed E-state index contributed by atoms with van der Waals surface area (Å²) in [5, 5.41) is 5.59. The molecule has 0 atom stereocenters. The predicted molar refractivity (Wildman–Crippen MR) is 73.6 cm³/mol. The minimum atomic E-state index is 0.484. The molecule has 0 bridgehead atoms. The Balaban J connectivity index is 2.04. The number of carbonyl (C=O) groups is 1. The lowest BCUT2D eigenvalue weighted by molar-refractivity contribution is -0.108. The summed E-state index contributed by atoms with van der Waals surface area (Å²) in [6, 6.07) is 11.9. The van der Waals surface area contributed by atoms with Crippen LogP contribution in [0.2, 0.25) is 0 Å². The number of carbonyl (C=O) groups excluding carboxylic acids is 1. The number of nitrogens with zero attached hydrogens (tertiary/aromatic N) is 3. The van der Waals surface area contributed by atoms with Gasteiger partial charge in [-0.25, -0.2) is 0 Å². The monoisotopic (exact) mass is 251 g/mol. The number of rotatable bonds is 4. The summed E-state index contributed by atoms with van der Waals surface area (Å²) in [4.78, 5) is 14.7. The van der Waals surface area contributed by atoms with Crippen molar-refractivity contribution in [1.29, 1.82) is 0 Å². The fourth-order valence-electron chi connectivity index (χ4n) is 2.13. The van der Waals surface area contributed by atoms with Gasteiger partial charge in [0, 0.05) is 36.3 Å². The van der Waals surface area contributed by atoms with Gasteiger partial charge in [-0.1, -0.05) is 18.2 Å². The van der Waals surface area contributed by atoms with Crippen molar-refractivity contribution in [3.8, 4) is 11.3 Å². The molecule has 0 spiro atoms. The fraction of sp³-hybridized carbons (Fsp3) is 0.133. The summed E-state index contributed by atoms with van der Waals surface area (Å²) < 4.78 is 1.79. The van der Waals surface area contributed by atoms with E-state index in [2.05, 4.69) is 10.1 Å². The number of pyridine rings is 1. The Kier molecular flexibility index (Phi) is 3.06. The molecule has 0 unspecified atom stereocenters. The van der Waals surface area contributed by atoms with Crippen molar-refractivity contribution in [3.63, 3.8) is 0 Å². The number of hydrogen-bond acceptors (Lipinski definition) is 3. The first-order valence-corrected chi connectivity index (χ1v) is 6.20. The van der Waals surface area contributed by atoms with Crippen LogP contribution >= 0.6 is 0 Å².